The van der Waals surface area contributed by atoms with Crippen LogP contribution in [0.1, 0.15) is 30.1 Å². The Kier molecular flexibility index (Phi) is 2.03. The van der Waals surface area contributed by atoms with Crippen molar-refractivity contribution >= 4 is 12.2 Å². The van der Waals surface area contributed by atoms with Crippen LogP contribution in [-0.4, -0.2) is 28.0 Å². The van der Waals surface area contributed by atoms with Gasteiger partial charge in [0.25, 0.3) is 5.56 Å². The van der Waals surface area contributed by atoms with Crippen LogP contribution >= 0.6 is 12.2 Å². The van der Waals surface area contributed by atoms with E-state index in [0.717, 1.165) is 37.2 Å². The average molecular weight is 223 g/mol. The first kappa shape index (κ1) is 9.30. The zero-order chi connectivity index (χ0) is 10.4. The van der Waals surface area contributed by atoms with Crippen LogP contribution < -0.4 is 5.56 Å². The second-order valence-corrected chi connectivity index (χ2v) is 4.65. The minimum absolute atomic E-state index is 0.000278. The Morgan fingerprint density at radius 1 is 1.33 bits per heavy atom. The number of aromatic nitrogens is 2. The molecule has 0 saturated carbocycles. The van der Waals surface area contributed by atoms with Gasteiger partial charge < -0.3 is 4.98 Å². The zero-order valence-electron chi connectivity index (χ0n) is 8.38. The van der Waals surface area contributed by atoms with Crippen LogP contribution in [0.3, 0.4) is 0 Å². The van der Waals surface area contributed by atoms with E-state index in [4.69, 9.17) is 12.2 Å². The number of fused-ring (bicyclic) bond motifs is 3. The molecule has 1 unspecified atom stereocenters. The van der Waals surface area contributed by atoms with Gasteiger partial charge in [-0.2, -0.15) is 0 Å². The first-order valence-electron chi connectivity index (χ1n) is 5.35. The molecule has 2 aliphatic rings. The van der Waals surface area contributed by atoms with Gasteiger partial charge in [-0.25, -0.2) is 0 Å². The van der Waals surface area contributed by atoms with Crippen molar-refractivity contribution in [2.75, 3.05) is 13.1 Å². The van der Waals surface area contributed by atoms with E-state index in [0.29, 0.717) is 10.8 Å². The minimum atomic E-state index is 0.000278. The third-order valence-electron chi connectivity index (χ3n) is 3.42. The summed E-state index contributed by atoms with van der Waals surface area (Å²) < 4.78 is 0.451. The molecular weight excluding hydrogens is 210 g/mol. The van der Waals surface area contributed by atoms with Crippen LogP contribution in [0.4, 0.5) is 0 Å². The Morgan fingerprint density at radius 3 is 3.07 bits per heavy atom. The lowest BCUT2D eigenvalue weighted by atomic mass is 9.99. The van der Waals surface area contributed by atoms with Crippen molar-refractivity contribution in [3.05, 3.63) is 26.4 Å². The van der Waals surface area contributed by atoms with Crippen LogP contribution in [0.2, 0.25) is 0 Å². The lowest BCUT2D eigenvalue weighted by molar-refractivity contribution is 0.237. The van der Waals surface area contributed by atoms with E-state index in [1.165, 1.54) is 6.42 Å². The smallest absolute Gasteiger partial charge is 0.255 e. The maximum Gasteiger partial charge on any atom is 0.255 e. The highest BCUT2D eigenvalue weighted by molar-refractivity contribution is 7.71. The van der Waals surface area contributed by atoms with E-state index < -0.39 is 0 Å². The second kappa shape index (κ2) is 3.28. The maximum atomic E-state index is 11.7. The Morgan fingerprint density at radius 2 is 2.20 bits per heavy atom. The normalized spacial score (nSPS) is 24.9. The van der Waals surface area contributed by atoms with Crippen LogP contribution in [-0.2, 0) is 6.42 Å². The molecule has 1 aromatic rings. The summed E-state index contributed by atoms with van der Waals surface area (Å²) in [6, 6.07) is 0.401. The quantitative estimate of drug-likeness (QED) is 0.648. The zero-order valence-corrected chi connectivity index (χ0v) is 9.19. The molecular formula is C10H13N3OS. The highest BCUT2D eigenvalue weighted by Gasteiger charge is 2.32. The number of hydrogen-bond donors (Lipinski definition) is 2. The fourth-order valence-electron chi connectivity index (χ4n) is 2.74. The lowest BCUT2D eigenvalue weighted by Gasteiger charge is -2.30. The van der Waals surface area contributed by atoms with Crippen molar-refractivity contribution in [2.45, 2.75) is 25.3 Å². The molecule has 4 nitrogen and oxygen atoms in total. The molecule has 3 rings (SSSR count). The van der Waals surface area contributed by atoms with E-state index in [1.54, 1.807) is 0 Å². The van der Waals surface area contributed by atoms with Gasteiger partial charge in [-0.15, -0.1) is 0 Å². The number of nitrogens with one attached hydrogen (secondary N) is 2. The van der Waals surface area contributed by atoms with Gasteiger partial charge in [0.05, 0.1) is 6.04 Å². The largest absolute Gasteiger partial charge is 0.334 e. The summed E-state index contributed by atoms with van der Waals surface area (Å²) in [5.74, 6) is 0. The van der Waals surface area contributed by atoms with Crippen molar-refractivity contribution < 1.29 is 0 Å². The Labute approximate surface area is 92.3 Å². The van der Waals surface area contributed by atoms with E-state index in [-0.39, 0.29) is 5.56 Å². The number of aromatic amines is 2. The average Bonchev–Trinajstić information content (AvgIpc) is 2.65. The van der Waals surface area contributed by atoms with Crippen molar-refractivity contribution in [3.8, 4) is 0 Å². The van der Waals surface area contributed by atoms with Gasteiger partial charge >= 0.3 is 0 Å². The highest BCUT2D eigenvalue weighted by Crippen LogP contribution is 2.34. The van der Waals surface area contributed by atoms with Gasteiger partial charge in [-0.05, 0) is 38.0 Å². The summed E-state index contributed by atoms with van der Waals surface area (Å²) in [5, 5.41) is 0. The van der Waals surface area contributed by atoms with E-state index >= 15 is 0 Å². The first-order valence-corrected chi connectivity index (χ1v) is 5.76. The first-order chi connectivity index (χ1) is 7.25. The summed E-state index contributed by atoms with van der Waals surface area (Å²) in [6.45, 7) is 2.16. The molecule has 2 N–H and O–H groups in total. The Balaban J connectivity index is 2.21. The molecule has 2 aliphatic heterocycles. The standard InChI is InChI=1S/C10H13N3OS/c14-9-6-3-5-13-4-1-2-7(13)8(6)11-10(15)12-9/h7H,1-5H2,(H2,11,12,14,15). The summed E-state index contributed by atoms with van der Waals surface area (Å²) >= 11 is 5.02. The molecule has 1 atom stereocenters. The topological polar surface area (TPSA) is 51.9 Å². The molecule has 0 aliphatic carbocycles. The molecule has 1 aromatic heterocycles. The molecule has 0 spiro atoms. The van der Waals surface area contributed by atoms with Crippen molar-refractivity contribution in [1.82, 2.24) is 14.9 Å². The van der Waals surface area contributed by atoms with Gasteiger partial charge in [-0.1, -0.05) is 0 Å². The van der Waals surface area contributed by atoms with Gasteiger partial charge in [0.1, 0.15) is 0 Å². The molecule has 80 valence electrons. The molecule has 0 radical (unpaired) electrons. The predicted molar refractivity (Wildman–Crippen MR) is 59.5 cm³/mol. The summed E-state index contributed by atoms with van der Waals surface area (Å²) in [4.78, 5) is 20.0. The molecule has 0 bridgehead atoms. The summed E-state index contributed by atoms with van der Waals surface area (Å²) in [5.41, 5.74) is 1.97. The third-order valence-corrected chi connectivity index (χ3v) is 3.62. The van der Waals surface area contributed by atoms with Crippen molar-refractivity contribution in [3.63, 3.8) is 0 Å². The molecule has 5 heteroatoms. The number of H-pyrrole nitrogens is 2. The fourth-order valence-corrected chi connectivity index (χ4v) is 2.94. The molecule has 0 aromatic carbocycles. The van der Waals surface area contributed by atoms with Gasteiger partial charge in [0.15, 0.2) is 4.77 Å². The second-order valence-electron chi connectivity index (χ2n) is 4.24. The minimum Gasteiger partial charge on any atom is -0.334 e. The fraction of sp³-hybridized carbons (Fsp3) is 0.600. The summed E-state index contributed by atoms with van der Waals surface area (Å²) in [7, 11) is 0. The molecule has 1 saturated heterocycles. The predicted octanol–water partition coefficient (Wildman–Crippen LogP) is 1.13. The van der Waals surface area contributed by atoms with Crippen LogP contribution in [0.15, 0.2) is 4.79 Å². The number of hydrogen-bond acceptors (Lipinski definition) is 3. The van der Waals surface area contributed by atoms with Crippen molar-refractivity contribution in [2.24, 2.45) is 0 Å². The van der Waals surface area contributed by atoms with Gasteiger partial charge in [0.2, 0.25) is 0 Å². The van der Waals surface area contributed by atoms with E-state index in [2.05, 4.69) is 14.9 Å². The molecule has 15 heavy (non-hydrogen) atoms. The van der Waals surface area contributed by atoms with E-state index in [9.17, 15) is 4.79 Å². The third kappa shape index (κ3) is 1.38. The van der Waals surface area contributed by atoms with Crippen molar-refractivity contribution in [1.29, 1.82) is 0 Å². The number of rotatable bonds is 0. The molecule has 0 amide bonds. The number of nitrogens with zero attached hydrogens (tertiary/aromatic N) is 1. The van der Waals surface area contributed by atoms with Gasteiger partial charge in [-0.3, -0.25) is 14.7 Å². The van der Waals surface area contributed by atoms with Crippen LogP contribution in [0.25, 0.3) is 0 Å². The van der Waals surface area contributed by atoms with E-state index in [1.807, 2.05) is 0 Å². The van der Waals surface area contributed by atoms with Crippen LogP contribution in [0, 0.1) is 4.77 Å². The molecule has 3 heterocycles. The maximum absolute atomic E-state index is 11.7. The highest BCUT2D eigenvalue weighted by atomic mass is 32.1. The van der Waals surface area contributed by atoms with Crippen LogP contribution in [0.5, 0.6) is 0 Å². The monoisotopic (exact) mass is 223 g/mol. The molecule has 1 fully saturated rings. The van der Waals surface area contributed by atoms with Gasteiger partial charge in [0, 0.05) is 17.8 Å². The summed E-state index contributed by atoms with van der Waals surface area (Å²) in [6.07, 6.45) is 3.20. The SMILES string of the molecule is O=c1[nH]c(=S)[nH]c2c1CCN1CCCC21. The Bertz CT molecular complexity index is 504. The lowest BCUT2D eigenvalue weighted by Crippen LogP contribution is -2.35. The Hall–Kier alpha value is -0.940.